The van der Waals surface area contributed by atoms with E-state index in [1.165, 1.54) is 0 Å². The summed E-state index contributed by atoms with van der Waals surface area (Å²) >= 11 is 6.61. The van der Waals surface area contributed by atoms with Gasteiger partial charge in [-0.3, -0.25) is 4.68 Å². The molecule has 166 valence electrons. The van der Waals surface area contributed by atoms with Crippen LogP contribution in [0.25, 0.3) is 17.0 Å². The van der Waals surface area contributed by atoms with E-state index in [2.05, 4.69) is 10.1 Å². The van der Waals surface area contributed by atoms with E-state index in [9.17, 15) is 0 Å². The van der Waals surface area contributed by atoms with E-state index >= 15 is 0 Å². The lowest BCUT2D eigenvalue weighted by molar-refractivity contribution is 0.394. The van der Waals surface area contributed by atoms with Crippen LogP contribution in [-0.4, -0.2) is 58.2 Å². The number of hydrogen-bond donors (Lipinski definition) is 1. The predicted molar refractivity (Wildman–Crippen MR) is 125 cm³/mol. The molecule has 3 heterocycles. The van der Waals surface area contributed by atoms with Gasteiger partial charge in [-0.1, -0.05) is 11.6 Å². The zero-order valence-electron chi connectivity index (χ0n) is 18.5. The fourth-order valence-electron chi connectivity index (χ4n) is 3.58. The van der Waals surface area contributed by atoms with Crippen molar-refractivity contribution in [2.75, 3.05) is 33.5 Å². The molecular formula is C22H24ClN7O2. The van der Waals surface area contributed by atoms with Gasteiger partial charge in [-0.25, -0.2) is 15.0 Å². The van der Waals surface area contributed by atoms with E-state index in [0.717, 1.165) is 17.0 Å². The monoisotopic (exact) mass is 453 g/mol. The van der Waals surface area contributed by atoms with Crippen LogP contribution in [0.1, 0.15) is 17.0 Å². The summed E-state index contributed by atoms with van der Waals surface area (Å²) in [6.45, 7) is 2.46. The van der Waals surface area contributed by atoms with E-state index in [1.54, 1.807) is 31.2 Å². The highest BCUT2D eigenvalue weighted by atomic mass is 35.5. The third-order valence-electron chi connectivity index (χ3n) is 5.11. The van der Waals surface area contributed by atoms with Crippen LogP contribution in [0.15, 0.2) is 35.7 Å². The molecular weight excluding hydrogens is 430 g/mol. The minimum absolute atomic E-state index is 0.286. The number of benzene rings is 1. The van der Waals surface area contributed by atoms with Crippen molar-refractivity contribution in [2.24, 2.45) is 12.0 Å². The first kappa shape index (κ1) is 21.6. The normalized spacial score (nSPS) is 13.6. The van der Waals surface area contributed by atoms with E-state index in [1.807, 2.05) is 44.4 Å². The zero-order chi connectivity index (χ0) is 23.0. The Labute approximate surface area is 191 Å². The van der Waals surface area contributed by atoms with E-state index in [4.69, 9.17) is 36.8 Å². The number of nitrogens with two attached hydrogens (primary N) is 1. The Morgan fingerprint density at radius 1 is 1.12 bits per heavy atom. The summed E-state index contributed by atoms with van der Waals surface area (Å²) in [5.74, 6) is 1.42. The van der Waals surface area contributed by atoms with Gasteiger partial charge in [-0.05, 0) is 13.0 Å². The maximum absolute atomic E-state index is 6.61. The van der Waals surface area contributed by atoms with Gasteiger partial charge >= 0.3 is 0 Å². The summed E-state index contributed by atoms with van der Waals surface area (Å²) in [5.41, 5.74) is 11.1. The Bertz CT molecular complexity index is 1250. The Morgan fingerprint density at radius 3 is 2.56 bits per heavy atom. The lowest BCUT2D eigenvalue weighted by Gasteiger charge is -2.24. The van der Waals surface area contributed by atoms with Gasteiger partial charge in [0.2, 0.25) is 0 Å². The van der Waals surface area contributed by atoms with Crippen LogP contribution in [0.2, 0.25) is 5.02 Å². The van der Waals surface area contributed by atoms with Crippen molar-refractivity contribution in [2.45, 2.75) is 6.92 Å². The Balaban J connectivity index is 1.82. The van der Waals surface area contributed by atoms with Gasteiger partial charge < -0.3 is 20.1 Å². The van der Waals surface area contributed by atoms with Gasteiger partial charge in [0.25, 0.3) is 0 Å². The lowest BCUT2D eigenvalue weighted by atomic mass is 10.1. The van der Waals surface area contributed by atoms with Crippen LogP contribution in [-0.2, 0) is 7.05 Å². The number of aryl methyl sites for hydroxylation is 2. The molecule has 0 radical (unpaired) electrons. The number of anilines is 1. The molecule has 0 amide bonds. The van der Waals surface area contributed by atoms with Crippen LogP contribution in [0, 0.1) is 6.92 Å². The predicted octanol–water partition coefficient (Wildman–Crippen LogP) is 3.17. The average molecular weight is 454 g/mol. The molecule has 0 spiro atoms. The highest BCUT2D eigenvalue weighted by Gasteiger charge is 2.22. The fraction of sp³-hybridized carbons (Fsp3) is 0.273. The fourth-order valence-corrected chi connectivity index (χ4v) is 3.87. The summed E-state index contributed by atoms with van der Waals surface area (Å²) in [5, 5.41) is 4.85. The second-order valence-electron chi connectivity index (χ2n) is 7.47. The molecule has 0 bridgehead atoms. The van der Waals surface area contributed by atoms with Gasteiger partial charge in [0, 0.05) is 43.7 Å². The molecule has 10 heteroatoms. The highest BCUT2D eigenvalue weighted by Crippen LogP contribution is 2.35. The van der Waals surface area contributed by atoms with Crippen molar-refractivity contribution in [1.82, 2.24) is 24.6 Å². The Morgan fingerprint density at radius 2 is 1.91 bits per heavy atom. The molecule has 3 aromatic rings. The number of aliphatic imine (C=N–C) groups is 1. The summed E-state index contributed by atoms with van der Waals surface area (Å²) in [7, 11) is 6.96. The molecule has 2 aromatic heterocycles. The van der Waals surface area contributed by atoms with Gasteiger partial charge in [0.1, 0.15) is 22.9 Å². The zero-order valence-corrected chi connectivity index (χ0v) is 19.3. The minimum Gasteiger partial charge on any atom is -0.497 e. The summed E-state index contributed by atoms with van der Waals surface area (Å²) in [6.07, 6.45) is 5.43. The first-order chi connectivity index (χ1) is 15.3. The van der Waals surface area contributed by atoms with E-state index < -0.39 is 0 Å². The van der Waals surface area contributed by atoms with Crippen LogP contribution in [0.4, 0.5) is 5.82 Å². The highest BCUT2D eigenvalue weighted by molar-refractivity contribution is 6.36. The molecule has 0 atom stereocenters. The largest absolute Gasteiger partial charge is 0.497 e. The van der Waals surface area contributed by atoms with Crippen LogP contribution >= 0.6 is 11.6 Å². The summed E-state index contributed by atoms with van der Waals surface area (Å²) in [4.78, 5) is 16.0. The summed E-state index contributed by atoms with van der Waals surface area (Å²) < 4.78 is 12.6. The molecule has 0 unspecified atom stereocenters. The number of ether oxygens (including phenoxy) is 2. The molecule has 0 aliphatic carbocycles. The SMILES string of the molecule is COc1cc(OC)c(Cl)c(C2=NC(c3nc(-c4cn(C)nc4C)cnc3N)=CN(C)C2)c1. The van der Waals surface area contributed by atoms with Crippen molar-refractivity contribution < 1.29 is 9.47 Å². The number of aromatic nitrogens is 4. The van der Waals surface area contributed by atoms with Crippen molar-refractivity contribution in [3.8, 4) is 22.8 Å². The molecule has 9 nitrogen and oxygen atoms in total. The lowest BCUT2D eigenvalue weighted by Crippen LogP contribution is -2.26. The van der Waals surface area contributed by atoms with Crippen molar-refractivity contribution in [1.29, 1.82) is 0 Å². The number of halogens is 1. The first-order valence-electron chi connectivity index (χ1n) is 9.85. The molecule has 0 saturated heterocycles. The van der Waals surface area contributed by atoms with E-state index in [-0.39, 0.29) is 5.82 Å². The standard InChI is InChI=1S/C22H24ClN7O2/c1-12-15(9-30(3)28-12)16-8-25-22(24)21(27-16)18-11-29(2)10-17(26-18)14-6-13(31-4)7-19(32-5)20(14)23/h6-9,11H,10H2,1-5H3,(H2,24,25). The number of rotatable bonds is 5. The molecule has 4 rings (SSSR count). The van der Waals surface area contributed by atoms with Crippen molar-refractivity contribution in [3.63, 3.8) is 0 Å². The number of nitrogen functional groups attached to an aromatic ring is 1. The first-order valence-corrected chi connectivity index (χ1v) is 10.2. The summed E-state index contributed by atoms with van der Waals surface area (Å²) in [6, 6.07) is 3.57. The molecule has 1 aliphatic heterocycles. The van der Waals surface area contributed by atoms with Crippen LogP contribution < -0.4 is 15.2 Å². The van der Waals surface area contributed by atoms with Crippen LogP contribution in [0.5, 0.6) is 11.5 Å². The second kappa shape index (κ2) is 8.51. The smallest absolute Gasteiger partial charge is 0.151 e. The number of hydrogen-bond acceptors (Lipinski definition) is 8. The molecule has 0 saturated carbocycles. The minimum atomic E-state index is 0.286. The quantitative estimate of drug-likeness (QED) is 0.632. The molecule has 2 N–H and O–H groups in total. The van der Waals surface area contributed by atoms with E-state index in [0.29, 0.717) is 45.7 Å². The van der Waals surface area contributed by atoms with Crippen molar-refractivity contribution >= 4 is 28.8 Å². The number of likely N-dealkylation sites (N-methyl/N-ethyl adjacent to an activating group) is 1. The molecule has 1 aliphatic rings. The topological polar surface area (TPSA) is 104 Å². The maximum Gasteiger partial charge on any atom is 0.151 e. The third-order valence-corrected chi connectivity index (χ3v) is 5.50. The average Bonchev–Trinajstić information content (AvgIpc) is 3.11. The third kappa shape index (κ3) is 3.99. The van der Waals surface area contributed by atoms with Crippen LogP contribution in [0.3, 0.4) is 0 Å². The van der Waals surface area contributed by atoms with Crippen molar-refractivity contribution in [3.05, 3.63) is 52.7 Å². The molecule has 0 fully saturated rings. The maximum atomic E-state index is 6.61. The van der Waals surface area contributed by atoms with Gasteiger partial charge in [0.05, 0.1) is 49.1 Å². The number of nitrogens with zero attached hydrogens (tertiary/aromatic N) is 6. The van der Waals surface area contributed by atoms with Gasteiger partial charge in [0.15, 0.2) is 5.82 Å². The Hall–Kier alpha value is -3.59. The molecule has 32 heavy (non-hydrogen) atoms. The van der Waals surface area contributed by atoms with Gasteiger partial charge in [-0.15, -0.1) is 0 Å². The number of methoxy groups -OCH3 is 2. The Kier molecular flexibility index (Phi) is 5.75. The molecule has 1 aromatic carbocycles. The second-order valence-corrected chi connectivity index (χ2v) is 7.85. The van der Waals surface area contributed by atoms with Gasteiger partial charge in [-0.2, -0.15) is 5.10 Å².